The highest BCUT2D eigenvalue weighted by Gasteiger charge is 2.15. The number of anilines is 1. The molecule has 1 heterocycles. The third-order valence-corrected chi connectivity index (χ3v) is 4.81. The van der Waals surface area contributed by atoms with Crippen molar-refractivity contribution < 1.29 is 4.79 Å². The molecule has 1 N–H and O–H groups in total. The number of hydrogen-bond donors (Lipinski definition) is 1. The molecule has 0 unspecified atom stereocenters. The fourth-order valence-corrected chi connectivity index (χ4v) is 3.18. The summed E-state index contributed by atoms with van der Waals surface area (Å²) >= 11 is 10.8. The topological polar surface area (TPSA) is 29.1 Å². The second-order valence-electron chi connectivity index (χ2n) is 3.81. The molecule has 0 aliphatic heterocycles. The fourth-order valence-electron chi connectivity index (χ4n) is 1.52. The molecule has 2 aromatic rings. The lowest BCUT2D eigenvalue weighted by molar-refractivity contribution is 0.103. The van der Waals surface area contributed by atoms with Crippen LogP contribution in [0.1, 0.15) is 20.8 Å². The predicted molar refractivity (Wildman–Crippen MR) is 81.1 cm³/mol. The molecule has 0 saturated heterocycles. The van der Waals surface area contributed by atoms with Crippen molar-refractivity contribution in [3.8, 4) is 0 Å². The zero-order valence-corrected chi connectivity index (χ0v) is 12.8. The number of amides is 1. The molecule has 1 aromatic carbocycles. The van der Waals surface area contributed by atoms with Gasteiger partial charge >= 0.3 is 0 Å². The first-order chi connectivity index (χ1) is 8.63. The molecule has 18 heavy (non-hydrogen) atoms. The third-order valence-electron chi connectivity index (χ3n) is 2.51. The zero-order valence-electron chi connectivity index (χ0n) is 9.67. The van der Waals surface area contributed by atoms with Gasteiger partial charge < -0.3 is 5.32 Å². The minimum absolute atomic E-state index is 0.161. The van der Waals surface area contributed by atoms with Crippen molar-refractivity contribution in [2.75, 3.05) is 5.32 Å². The van der Waals surface area contributed by atoms with E-state index in [-0.39, 0.29) is 5.91 Å². The van der Waals surface area contributed by atoms with Gasteiger partial charge in [-0.15, -0.1) is 11.3 Å². The fraction of sp³-hybridized carbons (Fsp3) is 0.154. The highest BCUT2D eigenvalue weighted by molar-refractivity contribution is 9.08. The second kappa shape index (κ2) is 5.87. The largest absolute Gasteiger partial charge is 0.321 e. The number of hydrogen-bond acceptors (Lipinski definition) is 2. The Kier molecular flexibility index (Phi) is 4.43. The Bertz CT molecular complexity index is 582. The highest BCUT2D eigenvalue weighted by Crippen LogP contribution is 2.28. The summed E-state index contributed by atoms with van der Waals surface area (Å²) in [6, 6.07) is 7.67. The van der Waals surface area contributed by atoms with Crippen molar-refractivity contribution in [3.63, 3.8) is 0 Å². The van der Waals surface area contributed by atoms with Gasteiger partial charge in [0, 0.05) is 11.0 Å². The van der Waals surface area contributed by atoms with E-state index in [9.17, 15) is 4.79 Å². The van der Waals surface area contributed by atoms with Gasteiger partial charge in [0.05, 0.1) is 5.02 Å². The number of para-hydroxylation sites is 1. The molecule has 94 valence electrons. The lowest BCUT2D eigenvalue weighted by Crippen LogP contribution is -2.12. The molecule has 0 aliphatic carbocycles. The van der Waals surface area contributed by atoms with Gasteiger partial charge in [0.2, 0.25) is 0 Å². The van der Waals surface area contributed by atoms with Crippen LogP contribution in [0.3, 0.4) is 0 Å². The van der Waals surface area contributed by atoms with Crippen molar-refractivity contribution in [2.45, 2.75) is 12.3 Å². The van der Waals surface area contributed by atoms with Crippen LogP contribution in [0.5, 0.6) is 0 Å². The molecule has 2 nitrogen and oxygen atoms in total. The molecular weight excluding hydrogens is 334 g/mol. The molecule has 5 heteroatoms. The molecule has 1 amide bonds. The Morgan fingerprint density at radius 2 is 2.17 bits per heavy atom. The number of benzene rings is 1. The minimum atomic E-state index is -0.161. The number of thiophene rings is 1. The quantitative estimate of drug-likeness (QED) is 0.792. The van der Waals surface area contributed by atoms with Crippen molar-refractivity contribution in [1.82, 2.24) is 0 Å². The van der Waals surface area contributed by atoms with E-state index in [1.54, 1.807) is 0 Å². The summed E-state index contributed by atoms with van der Waals surface area (Å²) in [6.45, 7) is 1.89. The van der Waals surface area contributed by atoms with E-state index in [0.717, 1.165) is 16.8 Å². The Morgan fingerprint density at radius 3 is 2.78 bits per heavy atom. The number of alkyl halides is 1. The van der Waals surface area contributed by atoms with Crippen LogP contribution < -0.4 is 5.32 Å². The van der Waals surface area contributed by atoms with Crippen molar-refractivity contribution in [2.24, 2.45) is 0 Å². The maximum atomic E-state index is 12.1. The molecule has 0 spiro atoms. The third kappa shape index (κ3) is 2.76. The molecule has 0 bridgehead atoms. The van der Waals surface area contributed by atoms with Crippen LogP contribution in [0.4, 0.5) is 5.69 Å². The van der Waals surface area contributed by atoms with E-state index >= 15 is 0 Å². The Balaban J connectivity index is 2.24. The van der Waals surface area contributed by atoms with Crippen LogP contribution in [0.25, 0.3) is 0 Å². The van der Waals surface area contributed by atoms with Crippen LogP contribution in [0.2, 0.25) is 5.02 Å². The number of aryl methyl sites for hydroxylation is 1. The summed E-state index contributed by atoms with van der Waals surface area (Å²) in [4.78, 5) is 12.7. The minimum Gasteiger partial charge on any atom is -0.321 e. The van der Waals surface area contributed by atoms with Gasteiger partial charge in [-0.2, -0.15) is 0 Å². The monoisotopic (exact) mass is 343 g/mol. The van der Waals surface area contributed by atoms with Crippen LogP contribution in [0.15, 0.2) is 29.6 Å². The van der Waals surface area contributed by atoms with Crippen LogP contribution in [-0.4, -0.2) is 5.91 Å². The molecule has 1 aromatic heterocycles. The second-order valence-corrected chi connectivity index (χ2v) is 5.63. The molecule has 0 fully saturated rings. The summed E-state index contributed by atoms with van der Waals surface area (Å²) < 4.78 is 0. The van der Waals surface area contributed by atoms with Gasteiger partial charge in [0.1, 0.15) is 4.88 Å². The van der Waals surface area contributed by atoms with Crippen molar-refractivity contribution in [1.29, 1.82) is 0 Å². The maximum Gasteiger partial charge on any atom is 0.267 e. The van der Waals surface area contributed by atoms with Gasteiger partial charge in [-0.05, 0) is 29.5 Å². The number of rotatable bonds is 3. The van der Waals surface area contributed by atoms with Crippen LogP contribution in [-0.2, 0) is 5.33 Å². The van der Waals surface area contributed by atoms with E-state index < -0.39 is 0 Å². The van der Waals surface area contributed by atoms with Gasteiger partial charge in [-0.3, -0.25) is 4.79 Å². The summed E-state index contributed by atoms with van der Waals surface area (Å²) in [6.07, 6.45) is 0. The van der Waals surface area contributed by atoms with Crippen LogP contribution in [0, 0.1) is 6.92 Å². The zero-order chi connectivity index (χ0) is 13.1. The van der Waals surface area contributed by atoms with E-state index in [1.165, 1.54) is 11.3 Å². The van der Waals surface area contributed by atoms with E-state index in [1.807, 2.05) is 36.6 Å². The molecule has 0 atom stereocenters. The number of halogens is 2. The Hall–Kier alpha value is -0.840. The van der Waals surface area contributed by atoms with Crippen molar-refractivity contribution in [3.05, 3.63) is 50.7 Å². The maximum absolute atomic E-state index is 12.1. The molecule has 0 saturated carbocycles. The molecular formula is C13H11BrClNOS. The SMILES string of the molecule is Cc1csc(C(=O)Nc2ccccc2CBr)c1Cl. The lowest BCUT2D eigenvalue weighted by Gasteiger charge is -2.08. The lowest BCUT2D eigenvalue weighted by atomic mass is 10.2. The summed E-state index contributed by atoms with van der Waals surface area (Å²) in [5.41, 5.74) is 2.78. The van der Waals surface area contributed by atoms with Crippen molar-refractivity contribution >= 4 is 50.5 Å². The van der Waals surface area contributed by atoms with Gasteiger partial charge in [0.15, 0.2) is 0 Å². The molecule has 2 rings (SSSR count). The van der Waals surface area contributed by atoms with Crippen LogP contribution >= 0.6 is 38.9 Å². The number of carbonyl (C=O) groups excluding carboxylic acids is 1. The van der Waals surface area contributed by atoms with Gasteiger partial charge in [-0.1, -0.05) is 45.7 Å². The van der Waals surface area contributed by atoms with Gasteiger partial charge in [0.25, 0.3) is 5.91 Å². The predicted octanol–water partition coefficient (Wildman–Crippen LogP) is 4.86. The van der Waals surface area contributed by atoms with E-state index in [2.05, 4.69) is 21.2 Å². The number of nitrogens with one attached hydrogen (secondary N) is 1. The Labute approximate surface area is 123 Å². The first kappa shape index (κ1) is 13.6. The molecule has 0 radical (unpaired) electrons. The summed E-state index contributed by atoms with van der Waals surface area (Å²) in [7, 11) is 0. The van der Waals surface area contributed by atoms with Gasteiger partial charge in [-0.25, -0.2) is 0 Å². The molecule has 0 aliphatic rings. The summed E-state index contributed by atoms with van der Waals surface area (Å²) in [5, 5.41) is 6.00. The van der Waals surface area contributed by atoms with E-state index in [0.29, 0.717) is 15.2 Å². The standard InChI is InChI=1S/C13H11BrClNOS/c1-8-7-18-12(11(8)15)13(17)16-10-5-3-2-4-9(10)6-14/h2-5,7H,6H2,1H3,(H,16,17). The average Bonchev–Trinajstić information content (AvgIpc) is 2.71. The number of carbonyl (C=O) groups is 1. The summed E-state index contributed by atoms with van der Waals surface area (Å²) in [5.74, 6) is -0.161. The normalized spacial score (nSPS) is 10.4. The first-order valence-electron chi connectivity index (χ1n) is 5.32. The Morgan fingerprint density at radius 1 is 1.44 bits per heavy atom. The average molecular weight is 345 g/mol. The smallest absolute Gasteiger partial charge is 0.267 e. The highest BCUT2D eigenvalue weighted by atomic mass is 79.9. The first-order valence-corrected chi connectivity index (χ1v) is 7.70. The van der Waals surface area contributed by atoms with E-state index in [4.69, 9.17) is 11.6 Å².